The lowest BCUT2D eigenvalue weighted by Gasteiger charge is -2.37. The predicted octanol–water partition coefficient (Wildman–Crippen LogP) is 4.40. The number of hydrogen-bond acceptors (Lipinski definition) is 5. The molecule has 5 rings (SSSR count). The second kappa shape index (κ2) is 10.2. The third-order valence-electron chi connectivity index (χ3n) is 7.07. The number of nitrogens with one attached hydrogen (secondary N) is 1. The van der Waals surface area contributed by atoms with Crippen LogP contribution in [0.2, 0.25) is 0 Å². The van der Waals surface area contributed by atoms with Crippen LogP contribution in [0.15, 0.2) is 77.8 Å². The van der Waals surface area contributed by atoms with E-state index in [0.29, 0.717) is 58.1 Å². The zero-order valence-corrected chi connectivity index (χ0v) is 21.6. The average Bonchev–Trinajstić information content (AvgIpc) is 3.39. The average molecular weight is 556 g/mol. The first-order valence-electron chi connectivity index (χ1n) is 12.1. The van der Waals surface area contributed by atoms with E-state index in [1.54, 1.807) is 24.3 Å². The molecular weight excluding hydrogens is 531 g/mol. The van der Waals surface area contributed by atoms with Gasteiger partial charge >= 0.3 is 0 Å². The first-order valence-corrected chi connectivity index (χ1v) is 13.5. The normalized spacial score (nSPS) is 16.9. The third-order valence-corrected chi connectivity index (χ3v) is 8.63. The predicted molar refractivity (Wildman–Crippen MR) is 137 cm³/mol. The number of nitrogens with zero attached hydrogens (tertiary/aromatic N) is 2. The van der Waals surface area contributed by atoms with Gasteiger partial charge in [0.05, 0.1) is 18.4 Å². The van der Waals surface area contributed by atoms with Crippen LogP contribution >= 0.6 is 0 Å². The molecule has 3 aromatic carbocycles. The number of para-hydroxylation sites is 1. The van der Waals surface area contributed by atoms with Crippen molar-refractivity contribution in [2.45, 2.75) is 29.6 Å². The maximum atomic E-state index is 14.4. The number of carbonyl (C=O) groups is 1. The Morgan fingerprint density at radius 2 is 1.74 bits per heavy atom. The minimum absolute atomic E-state index is 0.239. The molecule has 1 aliphatic carbocycles. The minimum Gasteiger partial charge on any atom is -0.496 e. The van der Waals surface area contributed by atoms with E-state index in [9.17, 15) is 26.4 Å². The highest BCUT2D eigenvalue weighted by Gasteiger charge is 2.39. The fourth-order valence-corrected chi connectivity index (χ4v) is 6.22. The molecule has 1 N–H and O–H groups in total. The van der Waals surface area contributed by atoms with E-state index in [-0.39, 0.29) is 12.5 Å². The quantitative estimate of drug-likeness (QED) is 0.342. The lowest BCUT2D eigenvalue weighted by molar-refractivity contribution is 0.0937. The maximum Gasteiger partial charge on any atom is 0.285 e. The molecular formula is C28H24F3N3O4S. The monoisotopic (exact) mass is 555 g/mol. The molecule has 1 unspecified atom stereocenters. The van der Waals surface area contributed by atoms with E-state index in [2.05, 4.69) is 10.4 Å². The lowest BCUT2D eigenvalue weighted by atomic mass is 9.69. The van der Waals surface area contributed by atoms with Crippen molar-refractivity contribution in [2.75, 3.05) is 13.7 Å². The van der Waals surface area contributed by atoms with Gasteiger partial charge in [-0.25, -0.2) is 13.2 Å². The number of aryl methyl sites for hydroxylation is 1. The van der Waals surface area contributed by atoms with Gasteiger partial charge in [0.1, 0.15) is 10.6 Å². The van der Waals surface area contributed by atoms with Crippen LogP contribution < -0.4 is 10.1 Å². The zero-order valence-electron chi connectivity index (χ0n) is 20.8. The van der Waals surface area contributed by atoms with Gasteiger partial charge in [-0.2, -0.15) is 17.6 Å². The summed E-state index contributed by atoms with van der Waals surface area (Å²) in [5, 5.41) is 7.16. The summed E-state index contributed by atoms with van der Waals surface area (Å²) in [6, 6.07) is 17.6. The molecule has 0 aliphatic heterocycles. The molecule has 4 aromatic rings. The van der Waals surface area contributed by atoms with Crippen molar-refractivity contribution >= 4 is 15.9 Å². The first kappa shape index (κ1) is 26.5. The zero-order chi connectivity index (χ0) is 27.8. The topological polar surface area (TPSA) is 90.3 Å². The second-order valence-electron chi connectivity index (χ2n) is 9.36. The molecule has 11 heteroatoms. The molecule has 7 nitrogen and oxygen atoms in total. The van der Waals surface area contributed by atoms with Crippen LogP contribution in [-0.2, 0) is 28.3 Å². The number of amides is 1. The molecule has 0 fully saturated rings. The number of ether oxygens (including phenoxy) is 1. The number of fused-ring (bicyclic) bond motifs is 1. The first-order chi connectivity index (χ1) is 18.7. The van der Waals surface area contributed by atoms with Crippen LogP contribution in [0.1, 0.15) is 33.6 Å². The summed E-state index contributed by atoms with van der Waals surface area (Å²) >= 11 is 0. The van der Waals surface area contributed by atoms with Crippen LogP contribution in [0, 0.1) is 17.5 Å². The molecule has 202 valence electrons. The molecule has 1 amide bonds. The Morgan fingerprint density at radius 3 is 2.49 bits per heavy atom. The molecule has 0 bridgehead atoms. The molecule has 0 saturated heterocycles. The van der Waals surface area contributed by atoms with Gasteiger partial charge in [-0.1, -0.05) is 42.5 Å². The van der Waals surface area contributed by atoms with E-state index in [1.807, 2.05) is 30.3 Å². The van der Waals surface area contributed by atoms with E-state index in [1.165, 1.54) is 13.3 Å². The standard InChI is InChI=1S/C28H24F3N3O4S/c1-38-23-10-6-5-9-20(23)27(35)32-17-28(19-7-3-2-4-8-19)14-13-22-18(15-28)16-34(33-22)39(36,37)24-12-11-21(29)25(30)26(24)31/h2-12,16H,13-15,17H2,1H3,(H,32,35). The van der Waals surface area contributed by atoms with E-state index in [4.69, 9.17) is 4.74 Å². The SMILES string of the molecule is COc1ccccc1C(=O)NCC1(c2ccccc2)CCc2nn(S(=O)(=O)c3ccc(F)c(F)c3F)cc2C1. The Hall–Kier alpha value is -4.12. The smallest absolute Gasteiger partial charge is 0.285 e. The van der Waals surface area contributed by atoms with Crippen molar-refractivity contribution in [3.05, 3.63) is 113 Å². The van der Waals surface area contributed by atoms with Crippen LogP contribution in [0.3, 0.4) is 0 Å². The van der Waals surface area contributed by atoms with Crippen LogP contribution in [0.5, 0.6) is 5.75 Å². The summed E-state index contributed by atoms with van der Waals surface area (Å²) in [6.07, 6.45) is 2.50. The van der Waals surface area contributed by atoms with Crippen molar-refractivity contribution in [2.24, 2.45) is 0 Å². The highest BCUT2D eigenvalue weighted by Crippen LogP contribution is 2.38. The molecule has 39 heavy (non-hydrogen) atoms. The third kappa shape index (κ3) is 4.78. The lowest BCUT2D eigenvalue weighted by Crippen LogP contribution is -2.44. The summed E-state index contributed by atoms with van der Waals surface area (Å²) in [7, 11) is -3.15. The van der Waals surface area contributed by atoms with E-state index in [0.717, 1.165) is 5.56 Å². The Morgan fingerprint density at radius 1 is 1.03 bits per heavy atom. The fourth-order valence-electron chi connectivity index (χ4n) is 4.99. The number of halogens is 3. The van der Waals surface area contributed by atoms with Crippen molar-refractivity contribution < 1.29 is 31.1 Å². The van der Waals surface area contributed by atoms with Crippen molar-refractivity contribution in [3.63, 3.8) is 0 Å². The van der Waals surface area contributed by atoms with Gasteiger partial charge in [-0.3, -0.25) is 4.79 Å². The molecule has 0 spiro atoms. The Kier molecular flexibility index (Phi) is 6.94. The largest absolute Gasteiger partial charge is 0.496 e. The summed E-state index contributed by atoms with van der Waals surface area (Å²) in [5.41, 5.74) is 1.80. The van der Waals surface area contributed by atoms with Crippen molar-refractivity contribution in [1.82, 2.24) is 14.5 Å². The van der Waals surface area contributed by atoms with Crippen molar-refractivity contribution in [1.29, 1.82) is 0 Å². The van der Waals surface area contributed by atoms with Crippen molar-refractivity contribution in [3.8, 4) is 5.75 Å². The Labute approximate surface area is 223 Å². The molecule has 1 aliphatic rings. The number of hydrogen-bond donors (Lipinski definition) is 1. The number of carbonyl (C=O) groups excluding carboxylic acids is 1. The Balaban J connectivity index is 1.48. The van der Waals surface area contributed by atoms with Gasteiger partial charge in [0.15, 0.2) is 17.5 Å². The number of aromatic nitrogens is 2. The van der Waals surface area contributed by atoms with E-state index >= 15 is 0 Å². The van der Waals surface area contributed by atoms with E-state index < -0.39 is 37.8 Å². The van der Waals surface area contributed by atoms with Gasteiger partial charge < -0.3 is 10.1 Å². The van der Waals surface area contributed by atoms with Gasteiger partial charge in [0.2, 0.25) is 0 Å². The number of methoxy groups -OCH3 is 1. The molecule has 0 radical (unpaired) electrons. The summed E-state index contributed by atoms with van der Waals surface area (Å²) < 4.78 is 73.6. The minimum atomic E-state index is -4.63. The molecule has 1 aromatic heterocycles. The number of rotatable bonds is 7. The highest BCUT2D eigenvalue weighted by molar-refractivity contribution is 7.89. The van der Waals surface area contributed by atoms with Crippen LogP contribution in [0.4, 0.5) is 13.2 Å². The molecule has 0 saturated carbocycles. The second-order valence-corrected chi connectivity index (χ2v) is 11.1. The molecule has 1 heterocycles. The Bertz CT molecular complexity index is 1660. The maximum absolute atomic E-state index is 14.4. The van der Waals surface area contributed by atoms with Crippen LogP contribution in [0.25, 0.3) is 0 Å². The van der Waals surface area contributed by atoms with Crippen LogP contribution in [-0.4, -0.2) is 37.2 Å². The fraction of sp³-hybridized carbons (Fsp3) is 0.214. The van der Waals surface area contributed by atoms with Gasteiger partial charge in [0, 0.05) is 18.2 Å². The van der Waals surface area contributed by atoms with Gasteiger partial charge in [0.25, 0.3) is 15.9 Å². The molecule has 1 atom stereocenters. The number of benzene rings is 3. The summed E-state index contributed by atoms with van der Waals surface area (Å²) in [4.78, 5) is 12.1. The van der Waals surface area contributed by atoms with Gasteiger partial charge in [-0.05, 0) is 54.7 Å². The van der Waals surface area contributed by atoms with Gasteiger partial charge in [-0.15, -0.1) is 0 Å². The summed E-state index contributed by atoms with van der Waals surface area (Å²) in [5.74, 6) is -5.05. The summed E-state index contributed by atoms with van der Waals surface area (Å²) in [6.45, 7) is 0.239. The highest BCUT2D eigenvalue weighted by atomic mass is 32.2.